The molecule has 2 aromatic heterocycles. The van der Waals surface area contributed by atoms with E-state index in [4.69, 9.17) is 9.47 Å². The molecule has 0 aliphatic heterocycles. The van der Waals surface area contributed by atoms with Crippen LogP contribution in [-0.2, 0) is 28.9 Å². The minimum absolute atomic E-state index is 0.117. The number of esters is 1. The number of benzene rings is 1. The number of hydrogen-bond acceptors (Lipinski definition) is 8. The van der Waals surface area contributed by atoms with Crippen molar-refractivity contribution in [2.45, 2.75) is 63.3 Å². The molecule has 1 N–H and O–H groups in total. The van der Waals surface area contributed by atoms with Crippen LogP contribution in [0.3, 0.4) is 0 Å². The van der Waals surface area contributed by atoms with E-state index in [1.807, 2.05) is 41.8 Å². The van der Waals surface area contributed by atoms with E-state index in [-0.39, 0.29) is 17.8 Å². The number of fused-ring (bicyclic) bond motifs is 1. The highest BCUT2D eigenvalue weighted by molar-refractivity contribution is 7.99. The first kappa shape index (κ1) is 26.9. The normalized spacial score (nSPS) is 14.1. The molecule has 3 aromatic rings. The number of thiophene rings is 1. The van der Waals surface area contributed by atoms with E-state index in [0.717, 1.165) is 43.4 Å². The van der Waals surface area contributed by atoms with Gasteiger partial charge in [-0.15, -0.1) is 28.1 Å². The van der Waals surface area contributed by atoms with Crippen LogP contribution in [0.4, 0.5) is 5.00 Å². The number of thioether (sulfide) groups is 1. The average molecular weight is 541 g/mol. The van der Waals surface area contributed by atoms with Crippen LogP contribution < -0.4 is 10.1 Å². The zero-order valence-corrected chi connectivity index (χ0v) is 22.8. The highest BCUT2D eigenvalue weighted by Gasteiger charge is 2.26. The molecule has 0 bridgehead atoms. The summed E-state index contributed by atoms with van der Waals surface area (Å²) in [4.78, 5) is 26.8. The predicted octanol–water partition coefficient (Wildman–Crippen LogP) is 5.84. The van der Waals surface area contributed by atoms with Gasteiger partial charge in [-0.3, -0.25) is 9.36 Å². The standard InChI is InChI=1S/C27H32N4O4S2/c1-4-16-31-24(18(2)35-19-12-8-7-9-13-19)29-30-27(31)36-17-22(32)28-25-23(26(33)34-3)20-14-10-5-6-11-15-21(20)37-25/h4,7-9,12-13,18H,1,5-6,10-11,14-17H2,2-3H3,(H,28,32). The molecule has 1 aliphatic carbocycles. The van der Waals surface area contributed by atoms with E-state index in [1.54, 1.807) is 6.08 Å². The molecule has 0 spiro atoms. The SMILES string of the molecule is C=CCn1c(SCC(=O)Nc2sc3c(c2C(=O)OC)CCCCCC3)nnc1C(C)Oc1ccccc1. The topological polar surface area (TPSA) is 95.3 Å². The lowest BCUT2D eigenvalue weighted by Gasteiger charge is -2.15. The fraction of sp³-hybridized carbons (Fsp3) is 0.407. The molecular formula is C27H32N4O4S2. The van der Waals surface area contributed by atoms with Crippen molar-refractivity contribution < 1.29 is 19.1 Å². The summed E-state index contributed by atoms with van der Waals surface area (Å²) in [7, 11) is 1.38. The maximum atomic E-state index is 13.0. The molecule has 0 radical (unpaired) electrons. The molecular weight excluding hydrogens is 508 g/mol. The molecule has 1 amide bonds. The van der Waals surface area contributed by atoms with E-state index < -0.39 is 5.97 Å². The lowest BCUT2D eigenvalue weighted by molar-refractivity contribution is -0.113. The Hall–Kier alpha value is -3.11. The molecule has 1 aromatic carbocycles. The third kappa shape index (κ3) is 6.61. The summed E-state index contributed by atoms with van der Waals surface area (Å²) in [5, 5.41) is 12.8. The molecule has 37 heavy (non-hydrogen) atoms. The van der Waals surface area contributed by atoms with Crippen LogP contribution in [0.5, 0.6) is 5.75 Å². The Morgan fingerprint density at radius 1 is 1.19 bits per heavy atom. The van der Waals surface area contributed by atoms with E-state index in [2.05, 4.69) is 22.1 Å². The van der Waals surface area contributed by atoms with Crippen molar-refractivity contribution in [2.75, 3.05) is 18.2 Å². The second-order valence-corrected chi connectivity index (χ2v) is 10.8. The lowest BCUT2D eigenvalue weighted by Crippen LogP contribution is -2.17. The molecule has 1 aliphatic rings. The van der Waals surface area contributed by atoms with Crippen molar-refractivity contribution in [3.05, 3.63) is 64.8 Å². The number of rotatable bonds is 10. The zero-order valence-electron chi connectivity index (χ0n) is 21.2. The fourth-order valence-electron chi connectivity index (χ4n) is 4.38. The summed E-state index contributed by atoms with van der Waals surface area (Å²) in [6, 6.07) is 9.53. The number of allylic oxidation sites excluding steroid dienone is 1. The minimum Gasteiger partial charge on any atom is -0.483 e. The number of hydrogen-bond donors (Lipinski definition) is 1. The minimum atomic E-state index is -0.399. The van der Waals surface area contributed by atoms with E-state index >= 15 is 0 Å². The third-order valence-electron chi connectivity index (χ3n) is 6.12. The Balaban J connectivity index is 1.46. The number of carbonyl (C=O) groups excluding carboxylic acids is 2. The molecule has 4 rings (SSSR count). The molecule has 1 unspecified atom stereocenters. The van der Waals surface area contributed by atoms with Crippen LogP contribution in [0.1, 0.15) is 65.3 Å². The molecule has 0 saturated heterocycles. The zero-order chi connectivity index (χ0) is 26.2. The highest BCUT2D eigenvalue weighted by atomic mass is 32.2. The number of nitrogens with one attached hydrogen (secondary N) is 1. The van der Waals surface area contributed by atoms with Crippen molar-refractivity contribution in [3.8, 4) is 5.75 Å². The highest BCUT2D eigenvalue weighted by Crippen LogP contribution is 2.37. The van der Waals surface area contributed by atoms with Gasteiger partial charge in [-0.05, 0) is 50.3 Å². The molecule has 0 fully saturated rings. The summed E-state index contributed by atoms with van der Waals surface area (Å²) < 4.78 is 13.0. The van der Waals surface area contributed by atoms with Crippen LogP contribution in [0.2, 0.25) is 0 Å². The van der Waals surface area contributed by atoms with Gasteiger partial charge in [0.15, 0.2) is 17.1 Å². The summed E-state index contributed by atoms with van der Waals surface area (Å²) in [5.74, 6) is 0.893. The van der Waals surface area contributed by atoms with Crippen molar-refractivity contribution >= 4 is 40.0 Å². The first-order valence-electron chi connectivity index (χ1n) is 12.4. The van der Waals surface area contributed by atoms with Crippen molar-refractivity contribution in [1.82, 2.24) is 14.8 Å². The molecule has 1 atom stereocenters. The number of aromatic nitrogens is 3. The van der Waals surface area contributed by atoms with Crippen LogP contribution in [0.25, 0.3) is 0 Å². The van der Waals surface area contributed by atoms with Gasteiger partial charge in [-0.2, -0.15) is 0 Å². The summed E-state index contributed by atoms with van der Waals surface area (Å²) in [5.41, 5.74) is 1.54. The quantitative estimate of drug-likeness (QED) is 0.196. The van der Waals surface area contributed by atoms with Crippen molar-refractivity contribution in [2.24, 2.45) is 0 Å². The number of amides is 1. The summed E-state index contributed by atoms with van der Waals surface area (Å²) in [6.07, 6.45) is 7.63. The van der Waals surface area contributed by atoms with Crippen LogP contribution in [-0.4, -0.2) is 39.5 Å². The second-order valence-electron chi connectivity index (χ2n) is 8.76. The molecule has 0 saturated carbocycles. The van der Waals surface area contributed by atoms with Gasteiger partial charge in [-0.1, -0.05) is 48.9 Å². The van der Waals surface area contributed by atoms with Gasteiger partial charge in [-0.25, -0.2) is 4.79 Å². The summed E-state index contributed by atoms with van der Waals surface area (Å²) in [6.45, 7) is 6.24. The smallest absolute Gasteiger partial charge is 0.341 e. The molecule has 2 heterocycles. The van der Waals surface area contributed by atoms with Gasteiger partial charge < -0.3 is 14.8 Å². The van der Waals surface area contributed by atoms with Gasteiger partial charge >= 0.3 is 5.97 Å². The Labute approximate surface area is 225 Å². The Morgan fingerprint density at radius 2 is 1.95 bits per heavy atom. The van der Waals surface area contributed by atoms with E-state index in [0.29, 0.717) is 28.1 Å². The number of nitrogens with zero attached hydrogens (tertiary/aromatic N) is 3. The van der Waals surface area contributed by atoms with Crippen molar-refractivity contribution in [3.63, 3.8) is 0 Å². The number of carbonyl (C=O) groups is 2. The Kier molecular flexibility index (Phi) is 9.40. The average Bonchev–Trinajstić information content (AvgIpc) is 3.43. The number of ether oxygens (including phenoxy) is 2. The first-order chi connectivity index (χ1) is 18.0. The number of anilines is 1. The number of aryl methyl sites for hydroxylation is 1. The molecule has 8 nitrogen and oxygen atoms in total. The monoisotopic (exact) mass is 540 g/mol. The third-order valence-corrected chi connectivity index (χ3v) is 8.30. The number of methoxy groups -OCH3 is 1. The van der Waals surface area contributed by atoms with E-state index in [1.165, 1.54) is 41.5 Å². The maximum absolute atomic E-state index is 13.0. The summed E-state index contributed by atoms with van der Waals surface area (Å²) >= 11 is 2.78. The Morgan fingerprint density at radius 3 is 2.68 bits per heavy atom. The second kappa shape index (κ2) is 12.9. The van der Waals surface area contributed by atoms with Crippen molar-refractivity contribution in [1.29, 1.82) is 0 Å². The van der Waals surface area contributed by atoms with Gasteiger partial charge in [0.25, 0.3) is 0 Å². The van der Waals surface area contributed by atoms with Crippen LogP contribution in [0.15, 0.2) is 48.1 Å². The van der Waals surface area contributed by atoms with Crippen LogP contribution >= 0.6 is 23.1 Å². The van der Waals surface area contributed by atoms with Gasteiger partial charge in [0.1, 0.15) is 10.8 Å². The van der Waals surface area contributed by atoms with E-state index in [9.17, 15) is 9.59 Å². The van der Waals surface area contributed by atoms with Gasteiger partial charge in [0.2, 0.25) is 5.91 Å². The van der Waals surface area contributed by atoms with Crippen LogP contribution in [0, 0.1) is 0 Å². The Bertz CT molecular complexity index is 1240. The lowest BCUT2D eigenvalue weighted by atomic mass is 9.96. The number of para-hydroxylation sites is 1. The predicted molar refractivity (Wildman–Crippen MR) is 147 cm³/mol. The van der Waals surface area contributed by atoms with Gasteiger partial charge in [0.05, 0.1) is 18.4 Å². The van der Waals surface area contributed by atoms with Gasteiger partial charge in [0, 0.05) is 11.4 Å². The molecule has 196 valence electrons. The fourth-order valence-corrected chi connectivity index (χ4v) is 6.43. The largest absolute Gasteiger partial charge is 0.483 e. The molecule has 10 heteroatoms. The maximum Gasteiger partial charge on any atom is 0.341 e. The first-order valence-corrected chi connectivity index (χ1v) is 14.2.